The lowest BCUT2D eigenvalue weighted by Crippen LogP contribution is -2.21. The van der Waals surface area contributed by atoms with Gasteiger partial charge in [0.25, 0.3) is 5.91 Å². The molecule has 0 aromatic heterocycles. The number of hydrogen-bond donors (Lipinski definition) is 1. The normalized spacial score (nSPS) is 13.6. The number of methoxy groups -OCH3 is 1. The summed E-state index contributed by atoms with van der Waals surface area (Å²) in [6.45, 7) is 2.09. The van der Waals surface area contributed by atoms with Crippen LogP contribution in [-0.2, 0) is 4.79 Å². The molecule has 0 atom stereocenters. The highest BCUT2D eigenvalue weighted by Gasteiger charge is 2.13. The molecule has 0 saturated carbocycles. The Bertz CT molecular complexity index is 697. The number of hydrogen-bond acceptors (Lipinski definition) is 4. The molecule has 1 aliphatic rings. The highest BCUT2D eigenvalue weighted by molar-refractivity contribution is 5.92. The molecule has 1 heterocycles. The van der Waals surface area contributed by atoms with Gasteiger partial charge >= 0.3 is 0 Å². The highest BCUT2D eigenvalue weighted by atomic mass is 16.5. The SMILES string of the molecule is COc1ccccc1OCC(=O)Nc1cccc(N2CCCC2)c1. The van der Waals surface area contributed by atoms with E-state index in [0.29, 0.717) is 11.5 Å². The number of anilines is 2. The van der Waals surface area contributed by atoms with Crippen LogP contribution in [0.25, 0.3) is 0 Å². The summed E-state index contributed by atoms with van der Waals surface area (Å²) in [5.74, 6) is 0.974. The molecule has 3 rings (SSSR count). The molecule has 0 bridgehead atoms. The number of ether oxygens (including phenoxy) is 2. The minimum atomic E-state index is -0.195. The second-order valence-electron chi connectivity index (χ2n) is 5.73. The van der Waals surface area contributed by atoms with Crippen LogP contribution in [0.2, 0.25) is 0 Å². The number of benzene rings is 2. The van der Waals surface area contributed by atoms with Gasteiger partial charge in [0.15, 0.2) is 18.1 Å². The molecule has 5 nitrogen and oxygen atoms in total. The van der Waals surface area contributed by atoms with Crippen LogP contribution >= 0.6 is 0 Å². The minimum Gasteiger partial charge on any atom is -0.493 e. The van der Waals surface area contributed by atoms with E-state index in [0.717, 1.165) is 24.5 Å². The summed E-state index contributed by atoms with van der Waals surface area (Å²) in [4.78, 5) is 14.5. The second-order valence-corrected chi connectivity index (χ2v) is 5.73. The van der Waals surface area contributed by atoms with Crippen molar-refractivity contribution in [2.45, 2.75) is 12.8 Å². The van der Waals surface area contributed by atoms with Crippen molar-refractivity contribution in [3.8, 4) is 11.5 Å². The van der Waals surface area contributed by atoms with Crippen molar-refractivity contribution in [3.63, 3.8) is 0 Å². The van der Waals surface area contributed by atoms with Crippen LogP contribution < -0.4 is 19.7 Å². The monoisotopic (exact) mass is 326 g/mol. The molecule has 126 valence electrons. The van der Waals surface area contributed by atoms with E-state index in [-0.39, 0.29) is 12.5 Å². The van der Waals surface area contributed by atoms with Gasteiger partial charge in [-0.25, -0.2) is 0 Å². The summed E-state index contributed by atoms with van der Waals surface area (Å²) in [7, 11) is 1.58. The topological polar surface area (TPSA) is 50.8 Å². The molecule has 2 aromatic carbocycles. The highest BCUT2D eigenvalue weighted by Crippen LogP contribution is 2.26. The van der Waals surface area contributed by atoms with Crippen molar-refractivity contribution >= 4 is 17.3 Å². The summed E-state index contributed by atoms with van der Waals surface area (Å²) in [6.07, 6.45) is 2.45. The Morgan fingerprint density at radius 1 is 1.08 bits per heavy atom. The molecule has 1 N–H and O–H groups in total. The molecule has 1 saturated heterocycles. The molecule has 0 unspecified atom stereocenters. The quantitative estimate of drug-likeness (QED) is 0.885. The van der Waals surface area contributed by atoms with Crippen LogP contribution in [0.3, 0.4) is 0 Å². The zero-order valence-corrected chi connectivity index (χ0v) is 13.8. The minimum absolute atomic E-state index is 0.0612. The van der Waals surface area contributed by atoms with E-state index >= 15 is 0 Å². The van der Waals surface area contributed by atoms with E-state index in [2.05, 4.69) is 16.3 Å². The third-order valence-corrected chi connectivity index (χ3v) is 4.03. The predicted octanol–water partition coefficient (Wildman–Crippen LogP) is 3.31. The fraction of sp³-hybridized carbons (Fsp3) is 0.316. The Hall–Kier alpha value is -2.69. The first kappa shape index (κ1) is 16.2. The van der Waals surface area contributed by atoms with E-state index in [1.54, 1.807) is 19.2 Å². The maximum absolute atomic E-state index is 12.1. The van der Waals surface area contributed by atoms with Gasteiger partial charge in [-0.15, -0.1) is 0 Å². The predicted molar refractivity (Wildman–Crippen MR) is 95.0 cm³/mol. The number of amides is 1. The van der Waals surface area contributed by atoms with Crippen LogP contribution in [0.15, 0.2) is 48.5 Å². The molecular weight excluding hydrogens is 304 g/mol. The van der Waals surface area contributed by atoms with E-state index in [9.17, 15) is 4.79 Å². The van der Waals surface area contributed by atoms with E-state index < -0.39 is 0 Å². The smallest absolute Gasteiger partial charge is 0.262 e. The lowest BCUT2D eigenvalue weighted by molar-refractivity contribution is -0.118. The first-order chi connectivity index (χ1) is 11.8. The third-order valence-electron chi connectivity index (χ3n) is 4.03. The Morgan fingerprint density at radius 2 is 1.83 bits per heavy atom. The van der Waals surface area contributed by atoms with E-state index in [4.69, 9.17) is 9.47 Å². The summed E-state index contributed by atoms with van der Waals surface area (Å²) >= 11 is 0. The van der Waals surface area contributed by atoms with Gasteiger partial charge in [0.1, 0.15) is 0 Å². The first-order valence-corrected chi connectivity index (χ1v) is 8.17. The van der Waals surface area contributed by atoms with Gasteiger partial charge in [0.05, 0.1) is 7.11 Å². The van der Waals surface area contributed by atoms with Crippen molar-refractivity contribution in [2.75, 3.05) is 37.0 Å². The zero-order chi connectivity index (χ0) is 16.8. The number of nitrogens with zero attached hydrogens (tertiary/aromatic N) is 1. The maximum Gasteiger partial charge on any atom is 0.262 e. The number of rotatable bonds is 6. The van der Waals surface area contributed by atoms with Crippen molar-refractivity contribution < 1.29 is 14.3 Å². The standard InChI is InChI=1S/C19H22N2O3/c1-23-17-9-2-3-10-18(17)24-14-19(22)20-15-7-6-8-16(13-15)21-11-4-5-12-21/h2-3,6-10,13H,4-5,11-12,14H2,1H3,(H,20,22). The molecule has 1 fully saturated rings. The Labute approximate surface area is 142 Å². The average molecular weight is 326 g/mol. The van der Waals surface area contributed by atoms with Gasteiger partial charge < -0.3 is 19.7 Å². The molecule has 24 heavy (non-hydrogen) atoms. The van der Waals surface area contributed by atoms with Crippen molar-refractivity contribution in [1.82, 2.24) is 0 Å². The van der Waals surface area contributed by atoms with Gasteiger partial charge in [-0.2, -0.15) is 0 Å². The lowest BCUT2D eigenvalue weighted by Gasteiger charge is -2.18. The molecule has 0 aliphatic carbocycles. The number of carbonyl (C=O) groups is 1. The van der Waals surface area contributed by atoms with E-state index in [1.165, 1.54) is 12.8 Å². The number of para-hydroxylation sites is 2. The molecule has 1 aliphatic heterocycles. The maximum atomic E-state index is 12.1. The van der Waals surface area contributed by atoms with Gasteiger partial charge in [-0.3, -0.25) is 4.79 Å². The van der Waals surface area contributed by atoms with Crippen LogP contribution in [0.4, 0.5) is 11.4 Å². The van der Waals surface area contributed by atoms with Gasteiger partial charge in [0, 0.05) is 24.5 Å². The summed E-state index contributed by atoms with van der Waals surface area (Å²) in [5.41, 5.74) is 1.93. The van der Waals surface area contributed by atoms with Crippen molar-refractivity contribution in [1.29, 1.82) is 0 Å². The Kier molecular flexibility index (Phi) is 5.21. The van der Waals surface area contributed by atoms with E-state index in [1.807, 2.05) is 30.3 Å². The van der Waals surface area contributed by atoms with Gasteiger partial charge in [-0.1, -0.05) is 18.2 Å². The fourth-order valence-corrected chi connectivity index (χ4v) is 2.83. The lowest BCUT2D eigenvalue weighted by atomic mass is 10.2. The average Bonchev–Trinajstić information content (AvgIpc) is 3.15. The second kappa shape index (κ2) is 7.73. The fourth-order valence-electron chi connectivity index (χ4n) is 2.83. The molecule has 0 radical (unpaired) electrons. The molecule has 2 aromatic rings. The molecular formula is C19H22N2O3. The van der Waals surface area contributed by atoms with Crippen molar-refractivity contribution in [3.05, 3.63) is 48.5 Å². The van der Waals surface area contributed by atoms with Crippen LogP contribution in [-0.4, -0.2) is 32.7 Å². The Morgan fingerprint density at radius 3 is 2.58 bits per heavy atom. The molecule has 5 heteroatoms. The third kappa shape index (κ3) is 3.98. The van der Waals surface area contributed by atoms with Gasteiger partial charge in [-0.05, 0) is 43.2 Å². The summed E-state index contributed by atoms with van der Waals surface area (Å²) < 4.78 is 10.8. The number of carbonyl (C=O) groups excluding carboxylic acids is 1. The van der Waals surface area contributed by atoms with Crippen LogP contribution in [0.5, 0.6) is 11.5 Å². The summed E-state index contributed by atoms with van der Waals surface area (Å²) in [6, 6.07) is 15.2. The number of nitrogens with one attached hydrogen (secondary N) is 1. The summed E-state index contributed by atoms with van der Waals surface area (Å²) in [5, 5.41) is 2.88. The first-order valence-electron chi connectivity index (χ1n) is 8.17. The molecule has 1 amide bonds. The van der Waals surface area contributed by atoms with Gasteiger partial charge in [0.2, 0.25) is 0 Å². The molecule has 0 spiro atoms. The Balaban J connectivity index is 1.57. The van der Waals surface area contributed by atoms with Crippen molar-refractivity contribution in [2.24, 2.45) is 0 Å². The van der Waals surface area contributed by atoms with Crippen LogP contribution in [0.1, 0.15) is 12.8 Å². The zero-order valence-electron chi connectivity index (χ0n) is 13.8. The largest absolute Gasteiger partial charge is 0.493 e. The van der Waals surface area contributed by atoms with Crippen LogP contribution in [0, 0.1) is 0 Å².